The number of nitrogens with zero attached hydrogens (tertiary/aromatic N) is 1. The Morgan fingerprint density at radius 2 is 1.14 bits per heavy atom. The molecule has 0 fully saturated rings. The Morgan fingerprint density at radius 3 is 1.14 bits per heavy atom. The summed E-state index contributed by atoms with van der Waals surface area (Å²) >= 11 is 0. The van der Waals surface area contributed by atoms with Gasteiger partial charge >= 0.3 is 59.1 Å². The summed E-state index contributed by atoms with van der Waals surface area (Å²) in [5.41, 5.74) is 0. The molecule has 7 heavy (non-hydrogen) atoms. The second kappa shape index (κ2) is 15.7. The fourth-order valence-electron chi connectivity index (χ4n) is 0. The second-order valence-electron chi connectivity index (χ2n) is 0.224. The van der Waals surface area contributed by atoms with Gasteiger partial charge in [0.05, 0.1) is 5.09 Å². The number of rotatable bonds is 0. The average Bonchev–Trinajstić information content (AvgIpc) is 0.811. The Kier molecular flexibility index (Phi) is 54.2. The first kappa shape index (κ1) is 24.2. The summed E-state index contributed by atoms with van der Waals surface area (Å²) < 4.78 is 0. The van der Waals surface area contributed by atoms with Gasteiger partial charge in [0, 0.05) is 0 Å². The van der Waals surface area contributed by atoms with E-state index in [1.165, 1.54) is 0 Å². The molecule has 0 aromatic carbocycles. The molecule has 0 heterocycles. The van der Waals surface area contributed by atoms with Crippen molar-refractivity contribution in [3.05, 3.63) is 21.5 Å². The zero-order valence-corrected chi connectivity index (χ0v) is 8.25. The van der Waals surface area contributed by atoms with Gasteiger partial charge in [-0.05, 0) is 0 Å². The first-order valence-electron chi connectivity index (χ1n) is 0.548. The molecule has 0 amide bonds. The van der Waals surface area contributed by atoms with Crippen molar-refractivity contribution in [2.75, 3.05) is 0 Å². The molecule has 5 nitrogen and oxygen atoms in total. The Bertz CT molecular complexity index is 33.9. The molecule has 0 bridgehead atoms. The summed E-state index contributed by atoms with van der Waals surface area (Å²) in [6, 6.07) is 0. The summed E-state index contributed by atoms with van der Waals surface area (Å²) in [4.78, 5) is 8.25. The molecule has 2 N–H and O–H groups in total. The molecule has 0 rings (SSSR count). The Labute approximate surface area is 84.7 Å². The molecule has 0 aromatic rings. The van der Waals surface area contributed by atoms with E-state index >= 15 is 0 Å². The first-order chi connectivity index (χ1) is 1.73. The van der Waals surface area contributed by atoms with Gasteiger partial charge in [0.1, 0.15) is 0 Å². The largest absolute Gasteiger partial charge is 1.00 e. The molecule has 0 aliphatic heterocycles. The Morgan fingerprint density at radius 1 is 1.14 bits per heavy atom. The molecule has 0 radical (unpaired) electrons. The molecule has 32 valence electrons. The summed E-state index contributed by atoms with van der Waals surface area (Å²) in [6.07, 6.45) is 0. The minimum Gasteiger partial charge on any atom is -0.693 e. The van der Waals surface area contributed by atoms with E-state index in [-0.39, 0.29) is 65.3 Å². The van der Waals surface area contributed by atoms with Crippen molar-refractivity contribution in [2.24, 2.45) is 0 Å². The van der Waals surface area contributed by atoms with Crippen molar-refractivity contribution in [3.63, 3.8) is 0 Å². The van der Waals surface area contributed by atoms with Gasteiger partial charge < -0.3 is 21.5 Å². The van der Waals surface area contributed by atoms with Crippen LogP contribution in [-0.2, 0) is 0 Å². The van der Waals surface area contributed by atoms with Crippen molar-refractivity contribution in [3.8, 4) is 0 Å². The smallest absolute Gasteiger partial charge is 0.693 e. The van der Waals surface area contributed by atoms with Gasteiger partial charge in [0.25, 0.3) is 0 Å². The predicted octanol–water partition coefficient (Wildman–Crippen LogP) is -5.51. The molecule has 0 aliphatic rings. The van der Waals surface area contributed by atoms with Crippen molar-refractivity contribution < 1.29 is 64.2 Å². The van der Waals surface area contributed by atoms with Gasteiger partial charge in [0.15, 0.2) is 0 Å². The molecule has 0 saturated carbocycles. The second-order valence-corrected chi connectivity index (χ2v) is 0.224. The van der Waals surface area contributed by atoms with Crippen LogP contribution in [0.25, 0.3) is 6.15 Å². The fourth-order valence-corrected chi connectivity index (χ4v) is 0. The summed E-state index contributed by atoms with van der Waals surface area (Å²) in [5.74, 6) is 0. The summed E-state index contributed by atoms with van der Waals surface area (Å²) in [6.45, 7) is 0. The zero-order chi connectivity index (χ0) is 3.58. The average molecular weight is 124 g/mol. The van der Waals surface area contributed by atoms with Crippen LogP contribution in [-0.4, -0.2) is 5.09 Å². The van der Waals surface area contributed by atoms with Crippen LogP contribution >= 0.6 is 0 Å². The molecule has 0 spiro atoms. The standard InChI is InChI=1S/NO3.H2N.2Na/c2-1(3)4;;;/h;1H2;;/q2*-1;2*+1. The predicted molar refractivity (Wildman–Crippen MR) is 15.6 cm³/mol. The minimum atomic E-state index is -1.75. The third-order valence-corrected chi connectivity index (χ3v) is 0. The van der Waals surface area contributed by atoms with Crippen molar-refractivity contribution >= 4 is 0 Å². The molecule has 0 unspecified atom stereocenters. The van der Waals surface area contributed by atoms with E-state index in [1.54, 1.807) is 0 Å². The minimum absolute atomic E-state index is 0. The van der Waals surface area contributed by atoms with E-state index in [2.05, 4.69) is 0 Å². The molecule has 0 aromatic heterocycles. The maximum absolute atomic E-state index is 8.25. The zero-order valence-electron chi connectivity index (χ0n) is 4.25. The monoisotopic (exact) mass is 124 g/mol. The third-order valence-electron chi connectivity index (χ3n) is 0. The van der Waals surface area contributed by atoms with E-state index in [0.717, 1.165) is 0 Å². The van der Waals surface area contributed by atoms with E-state index < -0.39 is 5.09 Å². The van der Waals surface area contributed by atoms with Crippen molar-refractivity contribution in [1.29, 1.82) is 0 Å². The maximum Gasteiger partial charge on any atom is 1.00 e. The van der Waals surface area contributed by atoms with Crippen LogP contribution in [0.15, 0.2) is 0 Å². The molecule has 0 atom stereocenters. The van der Waals surface area contributed by atoms with Crippen LogP contribution in [0.3, 0.4) is 0 Å². The molecule has 7 heteroatoms. The first-order valence-corrected chi connectivity index (χ1v) is 0.548. The van der Waals surface area contributed by atoms with Crippen LogP contribution in [0, 0.1) is 15.3 Å². The third kappa shape index (κ3) is 142. The quantitative estimate of drug-likeness (QED) is 0.183. The summed E-state index contributed by atoms with van der Waals surface area (Å²) in [5, 5.41) is 14.8. The molecule has 0 aliphatic carbocycles. The van der Waals surface area contributed by atoms with E-state index in [4.69, 9.17) is 15.3 Å². The van der Waals surface area contributed by atoms with Crippen LogP contribution < -0.4 is 59.1 Å². The number of nitrogens with two attached hydrogens (primary N) is 1. The van der Waals surface area contributed by atoms with Crippen molar-refractivity contribution in [2.45, 2.75) is 0 Å². The van der Waals surface area contributed by atoms with E-state index in [9.17, 15) is 0 Å². The normalized spacial score (nSPS) is 3.43. The maximum atomic E-state index is 8.25. The Hall–Kier alpha value is 1.16. The number of hydrogen-bond acceptors (Lipinski definition) is 3. The Balaban J connectivity index is -0.0000000150. The van der Waals surface area contributed by atoms with Crippen LogP contribution in [0.4, 0.5) is 0 Å². The van der Waals surface area contributed by atoms with Gasteiger partial charge in [-0.25, -0.2) is 0 Å². The molecular weight excluding hydrogens is 122 g/mol. The number of hydrogen-bond donors (Lipinski definition) is 0. The summed E-state index contributed by atoms with van der Waals surface area (Å²) in [7, 11) is 0. The van der Waals surface area contributed by atoms with Crippen LogP contribution in [0.5, 0.6) is 0 Å². The van der Waals surface area contributed by atoms with Gasteiger partial charge in [-0.15, -0.1) is 0 Å². The molecular formula is H2N2Na2O3. The van der Waals surface area contributed by atoms with Crippen LogP contribution in [0.1, 0.15) is 0 Å². The topological polar surface area (TPSA) is 99.7 Å². The van der Waals surface area contributed by atoms with Gasteiger partial charge in [-0.1, -0.05) is 0 Å². The van der Waals surface area contributed by atoms with E-state index in [0.29, 0.717) is 0 Å². The van der Waals surface area contributed by atoms with Crippen LogP contribution in [0.2, 0.25) is 0 Å². The van der Waals surface area contributed by atoms with Gasteiger partial charge in [-0.3, -0.25) is 0 Å². The molecule has 0 saturated heterocycles. The SMILES string of the molecule is O=[N+]([O-])[O-].[NH2-].[Na+].[Na+]. The van der Waals surface area contributed by atoms with Crippen molar-refractivity contribution in [1.82, 2.24) is 0 Å². The fraction of sp³-hybridized carbons (Fsp3) is 0. The van der Waals surface area contributed by atoms with Gasteiger partial charge in [0.2, 0.25) is 0 Å². The van der Waals surface area contributed by atoms with Gasteiger partial charge in [-0.2, -0.15) is 0 Å². The van der Waals surface area contributed by atoms with E-state index in [1.807, 2.05) is 0 Å².